The summed E-state index contributed by atoms with van der Waals surface area (Å²) in [4.78, 5) is 9.00. The molecule has 73 valence electrons. The van der Waals surface area contributed by atoms with E-state index in [1.807, 2.05) is 29.6 Å². The van der Waals surface area contributed by atoms with Gasteiger partial charge in [-0.2, -0.15) is 0 Å². The number of hydrogen-bond donors (Lipinski definition) is 1. The van der Waals surface area contributed by atoms with E-state index < -0.39 is 0 Å². The van der Waals surface area contributed by atoms with Gasteiger partial charge >= 0.3 is 0 Å². The van der Waals surface area contributed by atoms with Crippen LogP contribution in [0.1, 0.15) is 5.56 Å². The molecule has 2 nitrogen and oxygen atoms in total. The van der Waals surface area contributed by atoms with Gasteiger partial charge in [0.05, 0.1) is 15.9 Å². The normalized spacial score (nSPS) is 11.0. The predicted molar refractivity (Wildman–Crippen MR) is 63.9 cm³/mol. The molecular formula is C12H9N2S. The van der Waals surface area contributed by atoms with E-state index in [1.54, 1.807) is 11.3 Å². The standard InChI is InChI=1S/C12H9N2S/c1-8-4-2-5-9-11(8)14-12(13-9)10-6-3-7-15-10/h2-7H,1H2,(H,13,14). The Morgan fingerprint density at radius 2 is 2.13 bits per heavy atom. The highest BCUT2D eigenvalue weighted by Gasteiger charge is 2.06. The number of thiophene rings is 1. The van der Waals surface area contributed by atoms with Gasteiger partial charge in [-0.1, -0.05) is 18.2 Å². The third-order valence-corrected chi connectivity index (χ3v) is 3.23. The Morgan fingerprint density at radius 1 is 1.20 bits per heavy atom. The van der Waals surface area contributed by atoms with E-state index in [2.05, 4.69) is 23.0 Å². The highest BCUT2D eigenvalue weighted by molar-refractivity contribution is 7.13. The molecule has 3 rings (SSSR count). The first-order valence-electron chi connectivity index (χ1n) is 4.69. The van der Waals surface area contributed by atoms with Crippen LogP contribution >= 0.6 is 11.3 Å². The lowest BCUT2D eigenvalue weighted by molar-refractivity contribution is 1.36. The molecule has 0 aliphatic heterocycles. The third-order valence-electron chi connectivity index (χ3n) is 2.35. The molecule has 15 heavy (non-hydrogen) atoms. The molecule has 0 amide bonds. The van der Waals surface area contributed by atoms with E-state index >= 15 is 0 Å². The summed E-state index contributed by atoms with van der Waals surface area (Å²) in [7, 11) is 0. The average Bonchev–Trinajstić information content (AvgIpc) is 2.86. The summed E-state index contributed by atoms with van der Waals surface area (Å²) in [6.45, 7) is 3.96. The van der Waals surface area contributed by atoms with Crippen molar-refractivity contribution in [3.8, 4) is 10.7 Å². The molecule has 0 aliphatic rings. The minimum Gasteiger partial charge on any atom is -0.337 e. The van der Waals surface area contributed by atoms with E-state index in [9.17, 15) is 0 Å². The number of rotatable bonds is 1. The van der Waals surface area contributed by atoms with E-state index in [4.69, 9.17) is 0 Å². The molecule has 0 bridgehead atoms. The summed E-state index contributed by atoms with van der Waals surface area (Å²) < 4.78 is 0. The van der Waals surface area contributed by atoms with Gasteiger partial charge < -0.3 is 4.98 Å². The minimum absolute atomic E-state index is 0.927. The molecule has 0 unspecified atom stereocenters. The topological polar surface area (TPSA) is 28.7 Å². The lowest BCUT2D eigenvalue weighted by Crippen LogP contribution is -1.74. The van der Waals surface area contributed by atoms with Crippen LogP contribution in [0.25, 0.3) is 21.7 Å². The summed E-state index contributed by atoms with van der Waals surface area (Å²) in [5.41, 5.74) is 2.97. The Kier molecular flexibility index (Phi) is 1.86. The van der Waals surface area contributed by atoms with Gasteiger partial charge in [0.2, 0.25) is 0 Å². The monoisotopic (exact) mass is 213 g/mol. The van der Waals surface area contributed by atoms with Gasteiger partial charge in [-0.15, -0.1) is 11.3 Å². The SMILES string of the molecule is [CH2]c1cccc2[nH]c(-c3cccs3)nc12. The fourth-order valence-corrected chi connectivity index (χ4v) is 2.29. The molecule has 2 heterocycles. The van der Waals surface area contributed by atoms with Crippen molar-refractivity contribution in [1.29, 1.82) is 0 Å². The van der Waals surface area contributed by atoms with Crippen molar-refractivity contribution in [2.24, 2.45) is 0 Å². The lowest BCUT2D eigenvalue weighted by Gasteiger charge is -1.90. The maximum Gasteiger partial charge on any atom is 0.148 e. The van der Waals surface area contributed by atoms with Crippen molar-refractivity contribution in [1.82, 2.24) is 9.97 Å². The maximum atomic E-state index is 4.55. The Hall–Kier alpha value is -1.61. The predicted octanol–water partition coefficient (Wildman–Crippen LogP) is 3.47. The van der Waals surface area contributed by atoms with Gasteiger partial charge in [-0.3, -0.25) is 0 Å². The quantitative estimate of drug-likeness (QED) is 0.658. The molecule has 3 heteroatoms. The van der Waals surface area contributed by atoms with Crippen LogP contribution in [0.3, 0.4) is 0 Å². The van der Waals surface area contributed by atoms with Gasteiger partial charge in [-0.25, -0.2) is 4.98 Å². The molecule has 0 saturated carbocycles. The summed E-state index contributed by atoms with van der Waals surface area (Å²) in [6, 6.07) is 10.1. The molecular weight excluding hydrogens is 204 g/mol. The van der Waals surface area contributed by atoms with Crippen molar-refractivity contribution in [2.45, 2.75) is 0 Å². The van der Waals surface area contributed by atoms with Crippen molar-refractivity contribution in [2.75, 3.05) is 0 Å². The van der Waals surface area contributed by atoms with Crippen LogP contribution in [0.4, 0.5) is 0 Å². The third kappa shape index (κ3) is 1.36. The Morgan fingerprint density at radius 3 is 2.87 bits per heavy atom. The molecule has 2 aromatic heterocycles. The number of nitrogens with one attached hydrogen (secondary N) is 1. The zero-order chi connectivity index (χ0) is 10.3. The number of para-hydroxylation sites is 1. The van der Waals surface area contributed by atoms with Crippen LogP contribution < -0.4 is 0 Å². The summed E-state index contributed by atoms with van der Waals surface area (Å²) in [6.07, 6.45) is 0. The summed E-state index contributed by atoms with van der Waals surface area (Å²) in [5, 5.41) is 2.05. The number of benzene rings is 1. The molecule has 0 saturated heterocycles. The van der Waals surface area contributed by atoms with Gasteiger partial charge in [-0.05, 0) is 30.0 Å². The van der Waals surface area contributed by atoms with Crippen LogP contribution in [0.15, 0.2) is 35.7 Å². The first kappa shape index (κ1) is 8.68. The summed E-state index contributed by atoms with van der Waals surface area (Å²) in [5.74, 6) is 0.927. The fraction of sp³-hybridized carbons (Fsp3) is 0. The molecule has 0 spiro atoms. The van der Waals surface area contributed by atoms with Crippen molar-refractivity contribution in [3.05, 3.63) is 48.2 Å². The number of fused-ring (bicyclic) bond motifs is 1. The molecule has 1 aromatic carbocycles. The van der Waals surface area contributed by atoms with Gasteiger partial charge in [0.15, 0.2) is 0 Å². The first-order chi connectivity index (χ1) is 7.34. The van der Waals surface area contributed by atoms with Crippen LogP contribution in [-0.2, 0) is 0 Å². The van der Waals surface area contributed by atoms with Crippen molar-refractivity contribution >= 4 is 22.4 Å². The highest BCUT2D eigenvalue weighted by Crippen LogP contribution is 2.25. The van der Waals surface area contributed by atoms with E-state index in [0.29, 0.717) is 0 Å². The smallest absolute Gasteiger partial charge is 0.148 e. The first-order valence-corrected chi connectivity index (χ1v) is 5.57. The summed E-state index contributed by atoms with van der Waals surface area (Å²) >= 11 is 1.68. The number of imidazole rings is 1. The van der Waals surface area contributed by atoms with Crippen LogP contribution in [0.5, 0.6) is 0 Å². The van der Waals surface area contributed by atoms with Crippen molar-refractivity contribution in [3.63, 3.8) is 0 Å². The Balaban J connectivity index is 2.27. The van der Waals surface area contributed by atoms with Gasteiger partial charge in [0.1, 0.15) is 5.82 Å². The number of aromatic nitrogens is 2. The van der Waals surface area contributed by atoms with Gasteiger partial charge in [0, 0.05) is 0 Å². The Labute approximate surface area is 91.6 Å². The molecule has 3 aromatic rings. The van der Waals surface area contributed by atoms with Crippen LogP contribution in [0.2, 0.25) is 0 Å². The van der Waals surface area contributed by atoms with Crippen LogP contribution in [-0.4, -0.2) is 9.97 Å². The van der Waals surface area contributed by atoms with Gasteiger partial charge in [0.25, 0.3) is 0 Å². The largest absolute Gasteiger partial charge is 0.337 e. The number of H-pyrrole nitrogens is 1. The molecule has 0 aliphatic carbocycles. The number of nitrogens with zero attached hydrogens (tertiary/aromatic N) is 1. The fourth-order valence-electron chi connectivity index (χ4n) is 1.62. The number of aromatic amines is 1. The Bertz CT molecular complexity index is 593. The van der Waals surface area contributed by atoms with Crippen molar-refractivity contribution < 1.29 is 0 Å². The molecule has 0 fully saturated rings. The average molecular weight is 213 g/mol. The maximum absolute atomic E-state index is 4.55. The van der Waals surface area contributed by atoms with E-state index in [0.717, 1.165) is 27.3 Å². The van der Waals surface area contributed by atoms with E-state index in [-0.39, 0.29) is 0 Å². The highest BCUT2D eigenvalue weighted by atomic mass is 32.1. The lowest BCUT2D eigenvalue weighted by atomic mass is 10.2. The molecule has 1 N–H and O–H groups in total. The minimum atomic E-state index is 0.927. The number of hydrogen-bond acceptors (Lipinski definition) is 2. The second-order valence-electron chi connectivity index (χ2n) is 3.38. The zero-order valence-corrected chi connectivity index (χ0v) is 8.84. The molecule has 0 atom stereocenters. The second kappa shape index (κ2) is 3.21. The van der Waals surface area contributed by atoms with Crippen LogP contribution in [0, 0.1) is 6.92 Å². The van der Waals surface area contributed by atoms with E-state index in [1.165, 1.54) is 0 Å². The second-order valence-corrected chi connectivity index (χ2v) is 4.32. The zero-order valence-electron chi connectivity index (χ0n) is 8.03. The molecule has 1 radical (unpaired) electrons.